The number of nitrogens with zero attached hydrogens (tertiary/aromatic N) is 2. The van der Waals surface area contributed by atoms with Crippen molar-refractivity contribution in [3.8, 4) is 0 Å². The van der Waals surface area contributed by atoms with Gasteiger partial charge in [-0.05, 0) is 37.3 Å². The predicted molar refractivity (Wildman–Crippen MR) is 97.1 cm³/mol. The van der Waals surface area contributed by atoms with E-state index in [1.54, 1.807) is 42.3 Å². The van der Waals surface area contributed by atoms with Crippen molar-refractivity contribution in [1.82, 2.24) is 0 Å². The molecular weight excluding hydrogens is 357 g/mol. The highest BCUT2D eigenvalue weighted by Gasteiger charge is 2.25. The van der Waals surface area contributed by atoms with Crippen LogP contribution in [0, 0.1) is 5.82 Å². The van der Waals surface area contributed by atoms with Gasteiger partial charge in [-0.1, -0.05) is 12.1 Å². The van der Waals surface area contributed by atoms with E-state index in [0.29, 0.717) is 16.3 Å². The summed E-state index contributed by atoms with van der Waals surface area (Å²) in [5.41, 5.74) is 6.59. The number of rotatable bonds is 5. The molecule has 0 saturated heterocycles. The van der Waals surface area contributed by atoms with Gasteiger partial charge in [0.15, 0.2) is 9.84 Å². The molecule has 3 N–H and O–H groups in total. The molecule has 1 unspecified atom stereocenters. The minimum atomic E-state index is -3.68. The standard InChI is InChI=1S/C18H20FN3O3S/c1-12(20)18-21-16-6-3-7-17(26(24,25)9-8-23)15(16)11-22(18)14-5-2-4-13(19)10-14/h2-7,10-12,18,23H,8-9,20H2,1H3/t12?,18-/m1/s1. The van der Waals surface area contributed by atoms with Crippen molar-refractivity contribution >= 4 is 21.7 Å². The van der Waals surface area contributed by atoms with Crippen molar-refractivity contribution in [3.05, 3.63) is 58.9 Å². The summed E-state index contributed by atoms with van der Waals surface area (Å²) in [6, 6.07) is 10.4. The van der Waals surface area contributed by atoms with E-state index in [9.17, 15) is 12.8 Å². The molecule has 2 aromatic rings. The van der Waals surface area contributed by atoms with Crippen LogP contribution in [0.4, 0.5) is 10.1 Å². The molecule has 1 aliphatic heterocycles. The highest BCUT2D eigenvalue weighted by atomic mass is 32.2. The fourth-order valence-corrected chi connectivity index (χ4v) is 4.17. The van der Waals surface area contributed by atoms with Crippen molar-refractivity contribution in [2.45, 2.75) is 24.0 Å². The third kappa shape index (κ3) is 3.48. The van der Waals surface area contributed by atoms with Gasteiger partial charge < -0.3 is 15.7 Å². The van der Waals surface area contributed by atoms with Crippen LogP contribution in [-0.4, -0.2) is 38.1 Å². The summed E-state index contributed by atoms with van der Waals surface area (Å²) < 4.78 is 38.7. The Morgan fingerprint density at radius 1 is 1.31 bits per heavy atom. The first-order valence-corrected chi connectivity index (χ1v) is 9.80. The summed E-state index contributed by atoms with van der Waals surface area (Å²) in [7, 11) is -3.68. The second kappa shape index (κ2) is 7.14. The first kappa shape index (κ1) is 18.5. The van der Waals surface area contributed by atoms with Gasteiger partial charge in [0.2, 0.25) is 0 Å². The maximum atomic E-state index is 13.7. The molecule has 1 heterocycles. The quantitative estimate of drug-likeness (QED) is 0.773. The Kier molecular flexibility index (Phi) is 5.08. The zero-order chi connectivity index (χ0) is 18.9. The van der Waals surface area contributed by atoms with Crippen molar-refractivity contribution in [1.29, 1.82) is 0 Å². The number of sulfone groups is 1. The van der Waals surface area contributed by atoms with Gasteiger partial charge >= 0.3 is 0 Å². The number of fused-ring (bicyclic) bond motifs is 1. The fraction of sp³-hybridized carbons (Fsp3) is 0.278. The second-order valence-corrected chi connectivity index (χ2v) is 8.23. The summed E-state index contributed by atoms with van der Waals surface area (Å²) >= 11 is 0. The van der Waals surface area contributed by atoms with E-state index >= 15 is 0 Å². The van der Waals surface area contributed by atoms with Crippen LogP contribution in [0.5, 0.6) is 0 Å². The molecule has 8 heteroatoms. The Morgan fingerprint density at radius 2 is 2.04 bits per heavy atom. The molecule has 0 spiro atoms. The largest absolute Gasteiger partial charge is 0.395 e. The van der Waals surface area contributed by atoms with Crippen molar-refractivity contribution < 1.29 is 17.9 Å². The lowest BCUT2D eigenvalue weighted by molar-refractivity contribution is 0.319. The molecule has 0 aromatic heterocycles. The number of hydrogen-bond donors (Lipinski definition) is 2. The summed E-state index contributed by atoms with van der Waals surface area (Å²) in [4.78, 5) is 6.34. The smallest absolute Gasteiger partial charge is 0.181 e. The van der Waals surface area contributed by atoms with E-state index in [-0.39, 0.29) is 16.7 Å². The molecule has 6 nitrogen and oxygen atoms in total. The minimum absolute atomic E-state index is 0.0809. The van der Waals surface area contributed by atoms with Gasteiger partial charge in [0.25, 0.3) is 0 Å². The number of aliphatic hydroxyl groups excluding tert-OH is 1. The number of nitrogens with two attached hydrogens (primary N) is 1. The van der Waals surface area contributed by atoms with Gasteiger partial charge in [0.05, 0.1) is 22.6 Å². The lowest BCUT2D eigenvalue weighted by Crippen LogP contribution is -2.50. The first-order chi connectivity index (χ1) is 12.3. The monoisotopic (exact) mass is 377 g/mol. The van der Waals surface area contributed by atoms with Crippen molar-refractivity contribution in [2.75, 3.05) is 17.3 Å². The van der Waals surface area contributed by atoms with E-state index in [1.165, 1.54) is 18.2 Å². The molecule has 138 valence electrons. The number of anilines is 1. The summed E-state index contributed by atoms with van der Waals surface area (Å²) in [6.45, 7) is 1.31. The van der Waals surface area contributed by atoms with Gasteiger partial charge in [0.1, 0.15) is 12.0 Å². The van der Waals surface area contributed by atoms with Gasteiger partial charge in [-0.15, -0.1) is 0 Å². The maximum Gasteiger partial charge on any atom is 0.181 e. The normalized spacial score (nSPS) is 17.8. The zero-order valence-electron chi connectivity index (χ0n) is 14.2. The molecule has 26 heavy (non-hydrogen) atoms. The molecular formula is C18H20FN3O3S. The van der Waals surface area contributed by atoms with Crippen LogP contribution in [0.1, 0.15) is 6.92 Å². The van der Waals surface area contributed by atoms with Crippen LogP contribution in [0.2, 0.25) is 0 Å². The Labute approximate surface area is 151 Å². The Morgan fingerprint density at radius 3 is 2.69 bits per heavy atom. The van der Waals surface area contributed by atoms with Crippen LogP contribution in [0.25, 0.3) is 6.20 Å². The molecule has 0 bridgehead atoms. The summed E-state index contributed by atoms with van der Waals surface area (Å²) in [6.07, 6.45) is 1.13. The van der Waals surface area contributed by atoms with Crippen molar-refractivity contribution in [2.24, 2.45) is 10.7 Å². The lowest BCUT2D eigenvalue weighted by Gasteiger charge is -2.32. The van der Waals surface area contributed by atoms with E-state index in [4.69, 9.17) is 10.8 Å². The minimum Gasteiger partial charge on any atom is -0.395 e. The number of hydrogen-bond acceptors (Lipinski definition) is 6. The molecule has 2 aromatic carbocycles. The average molecular weight is 377 g/mol. The van der Waals surface area contributed by atoms with Crippen LogP contribution in [0.15, 0.2) is 52.4 Å². The zero-order valence-corrected chi connectivity index (χ0v) is 15.0. The third-order valence-electron chi connectivity index (χ3n) is 4.14. The molecule has 0 fully saturated rings. The molecule has 0 saturated carbocycles. The first-order valence-electron chi connectivity index (χ1n) is 8.15. The van der Waals surface area contributed by atoms with Gasteiger partial charge in [-0.2, -0.15) is 0 Å². The molecule has 0 amide bonds. The third-order valence-corrected chi connectivity index (χ3v) is 5.89. The van der Waals surface area contributed by atoms with Crippen molar-refractivity contribution in [3.63, 3.8) is 0 Å². The summed E-state index contributed by atoms with van der Waals surface area (Å²) in [5.74, 6) is -0.792. The van der Waals surface area contributed by atoms with E-state index < -0.39 is 28.4 Å². The van der Waals surface area contributed by atoms with E-state index in [1.807, 2.05) is 0 Å². The summed E-state index contributed by atoms with van der Waals surface area (Å²) in [5, 5.41) is 9.96. The SMILES string of the molecule is CC(N)[C@@H]1N=c2cccc(S(=O)(=O)CCO)c2=CN1c1cccc(F)c1. The van der Waals surface area contributed by atoms with Crippen LogP contribution < -0.4 is 21.2 Å². The topological polar surface area (TPSA) is 96.0 Å². The maximum absolute atomic E-state index is 13.7. The van der Waals surface area contributed by atoms with Crippen LogP contribution in [-0.2, 0) is 9.84 Å². The van der Waals surface area contributed by atoms with E-state index in [2.05, 4.69) is 4.99 Å². The molecule has 2 atom stereocenters. The number of halogens is 1. The highest BCUT2D eigenvalue weighted by Crippen LogP contribution is 2.22. The van der Waals surface area contributed by atoms with Crippen LogP contribution in [0.3, 0.4) is 0 Å². The molecule has 0 aliphatic carbocycles. The van der Waals surface area contributed by atoms with Gasteiger partial charge in [-0.3, -0.25) is 4.99 Å². The Balaban J connectivity index is 2.26. The predicted octanol–water partition coefficient (Wildman–Crippen LogP) is 0.143. The molecule has 3 rings (SSSR count). The van der Waals surface area contributed by atoms with Crippen LogP contribution >= 0.6 is 0 Å². The number of aliphatic hydroxyl groups is 1. The Hall–Kier alpha value is -2.29. The number of benzene rings is 2. The Bertz CT molecular complexity index is 1040. The van der Waals surface area contributed by atoms with Gasteiger partial charge in [0, 0.05) is 23.1 Å². The average Bonchev–Trinajstić information content (AvgIpc) is 2.59. The fourth-order valence-electron chi connectivity index (χ4n) is 2.93. The molecule has 0 radical (unpaired) electrons. The highest BCUT2D eigenvalue weighted by molar-refractivity contribution is 7.91. The van der Waals surface area contributed by atoms with Gasteiger partial charge in [-0.25, -0.2) is 12.8 Å². The molecule has 1 aliphatic rings. The second-order valence-electron chi connectivity index (χ2n) is 6.15. The lowest BCUT2D eigenvalue weighted by atomic mass is 10.1. The van der Waals surface area contributed by atoms with E-state index in [0.717, 1.165) is 0 Å².